The number of anilines is 1. The van der Waals surface area contributed by atoms with Gasteiger partial charge in [-0.2, -0.15) is 0 Å². The molecule has 1 saturated heterocycles. The van der Waals surface area contributed by atoms with Crippen LogP contribution in [0.3, 0.4) is 0 Å². The Balaban J connectivity index is 1.51. The molecule has 3 unspecified atom stereocenters. The van der Waals surface area contributed by atoms with Crippen molar-refractivity contribution in [2.45, 2.75) is 56.8 Å². The van der Waals surface area contributed by atoms with Crippen LogP contribution in [0.2, 0.25) is 0 Å². The molecule has 3 aliphatic rings. The first-order valence-corrected chi connectivity index (χ1v) is 8.82. The Kier molecular flexibility index (Phi) is 3.95. The minimum Gasteiger partial charge on any atom is -0.381 e. The first-order chi connectivity index (χ1) is 12.0. The number of hydrogen-bond acceptors (Lipinski definition) is 5. The van der Waals surface area contributed by atoms with Crippen molar-refractivity contribution < 1.29 is 14.4 Å². The zero-order valence-corrected chi connectivity index (χ0v) is 14.0. The highest BCUT2D eigenvalue weighted by atomic mass is 16.2. The van der Waals surface area contributed by atoms with Crippen LogP contribution in [-0.2, 0) is 16.1 Å². The quantitative estimate of drug-likeness (QED) is 0.703. The summed E-state index contributed by atoms with van der Waals surface area (Å²) in [5, 5.41) is 5.79. The molecule has 25 heavy (non-hydrogen) atoms. The van der Waals surface area contributed by atoms with Gasteiger partial charge in [0.25, 0.3) is 5.91 Å². The van der Waals surface area contributed by atoms with Gasteiger partial charge in [0.15, 0.2) is 0 Å². The molecule has 3 amide bonds. The van der Waals surface area contributed by atoms with Crippen molar-refractivity contribution in [2.75, 3.05) is 5.32 Å². The Morgan fingerprint density at radius 1 is 1.16 bits per heavy atom. The predicted octanol–water partition coefficient (Wildman–Crippen LogP) is 0.739. The van der Waals surface area contributed by atoms with E-state index in [1.165, 1.54) is 0 Å². The molecule has 7 heteroatoms. The van der Waals surface area contributed by atoms with Crippen LogP contribution in [-0.4, -0.2) is 40.7 Å². The molecule has 4 N–H and O–H groups in total. The zero-order chi connectivity index (χ0) is 17.6. The summed E-state index contributed by atoms with van der Waals surface area (Å²) in [6.07, 6.45) is 3.87. The second-order valence-corrected chi connectivity index (χ2v) is 7.12. The largest absolute Gasteiger partial charge is 0.381 e. The molecule has 2 aliphatic heterocycles. The number of imide groups is 1. The number of carbonyl (C=O) groups excluding carboxylic acids is 3. The summed E-state index contributed by atoms with van der Waals surface area (Å²) in [5.41, 5.74) is 8.61. The number of benzene rings is 1. The van der Waals surface area contributed by atoms with Gasteiger partial charge < -0.3 is 16.0 Å². The van der Waals surface area contributed by atoms with Crippen molar-refractivity contribution in [3.63, 3.8) is 0 Å². The number of amides is 3. The summed E-state index contributed by atoms with van der Waals surface area (Å²) in [6, 6.07) is 5.54. The maximum absolute atomic E-state index is 12.7. The summed E-state index contributed by atoms with van der Waals surface area (Å²) in [6.45, 7) is 0.396. The van der Waals surface area contributed by atoms with E-state index >= 15 is 0 Å². The third-order valence-corrected chi connectivity index (χ3v) is 5.45. The molecule has 2 heterocycles. The van der Waals surface area contributed by atoms with Gasteiger partial charge in [-0.1, -0.05) is 0 Å². The van der Waals surface area contributed by atoms with Gasteiger partial charge in [-0.25, -0.2) is 0 Å². The number of nitrogens with zero attached hydrogens (tertiary/aromatic N) is 1. The monoisotopic (exact) mass is 342 g/mol. The van der Waals surface area contributed by atoms with Crippen LogP contribution in [0.5, 0.6) is 0 Å². The maximum atomic E-state index is 12.7. The van der Waals surface area contributed by atoms with Crippen molar-refractivity contribution >= 4 is 23.4 Å². The fraction of sp³-hybridized carbons (Fsp3) is 0.500. The fourth-order valence-electron chi connectivity index (χ4n) is 4.05. The second-order valence-electron chi connectivity index (χ2n) is 7.12. The van der Waals surface area contributed by atoms with E-state index in [0.29, 0.717) is 18.5 Å². The minimum absolute atomic E-state index is 0.145. The first-order valence-electron chi connectivity index (χ1n) is 8.82. The van der Waals surface area contributed by atoms with E-state index < -0.39 is 6.04 Å². The third kappa shape index (κ3) is 2.89. The van der Waals surface area contributed by atoms with Crippen LogP contribution in [0.15, 0.2) is 18.2 Å². The average Bonchev–Trinajstić information content (AvgIpc) is 3.12. The molecule has 0 bridgehead atoms. The summed E-state index contributed by atoms with van der Waals surface area (Å²) in [4.78, 5) is 37.6. The van der Waals surface area contributed by atoms with E-state index in [-0.39, 0.29) is 36.2 Å². The Morgan fingerprint density at radius 3 is 2.72 bits per heavy atom. The van der Waals surface area contributed by atoms with Crippen molar-refractivity contribution in [3.05, 3.63) is 29.3 Å². The summed E-state index contributed by atoms with van der Waals surface area (Å²) >= 11 is 0. The summed E-state index contributed by atoms with van der Waals surface area (Å²) < 4.78 is 0. The molecular weight excluding hydrogens is 320 g/mol. The highest BCUT2D eigenvalue weighted by molar-refractivity contribution is 6.05. The van der Waals surface area contributed by atoms with Gasteiger partial charge in [-0.05, 0) is 49.4 Å². The second kappa shape index (κ2) is 6.15. The molecular formula is C18H22N4O3. The Morgan fingerprint density at radius 2 is 2.00 bits per heavy atom. The van der Waals surface area contributed by atoms with Crippen LogP contribution in [0.25, 0.3) is 0 Å². The van der Waals surface area contributed by atoms with Gasteiger partial charge in [0.1, 0.15) is 6.04 Å². The molecule has 1 aliphatic carbocycles. The topological polar surface area (TPSA) is 105 Å². The Bertz CT molecular complexity index is 748. The number of nitrogens with one attached hydrogen (secondary N) is 2. The number of hydrogen-bond donors (Lipinski definition) is 3. The van der Waals surface area contributed by atoms with Crippen LogP contribution >= 0.6 is 0 Å². The van der Waals surface area contributed by atoms with Crippen LogP contribution in [0, 0.1) is 0 Å². The summed E-state index contributed by atoms with van der Waals surface area (Å²) in [5.74, 6) is -0.800. The van der Waals surface area contributed by atoms with Gasteiger partial charge in [0.05, 0.1) is 0 Å². The molecule has 4 rings (SSSR count). The molecule has 0 radical (unpaired) electrons. The van der Waals surface area contributed by atoms with Crippen molar-refractivity contribution in [1.82, 2.24) is 10.2 Å². The van der Waals surface area contributed by atoms with Gasteiger partial charge >= 0.3 is 0 Å². The number of carbonyl (C=O) groups is 3. The Labute approximate surface area is 145 Å². The number of piperidine rings is 1. The van der Waals surface area contributed by atoms with E-state index in [0.717, 1.165) is 30.5 Å². The Hall–Kier alpha value is -2.41. The smallest absolute Gasteiger partial charge is 0.255 e. The normalized spacial score (nSPS) is 28.9. The molecule has 0 aromatic heterocycles. The number of rotatable bonds is 3. The zero-order valence-electron chi connectivity index (χ0n) is 14.0. The molecule has 1 saturated carbocycles. The molecule has 132 valence electrons. The molecule has 7 nitrogen and oxygen atoms in total. The van der Waals surface area contributed by atoms with E-state index in [2.05, 4.69) is 10.6 Å². The lowest BCUT2D eigenvalue weighted by atomic mass is 10.0. The van der Waals surface area contributed by atoms with E-state index in [4.69, 9.17) is 5.73 Å². The lowest BCUT2D eigenvalue weighted by Gasteiger charge is -2.29. The molecule has 1 aromatic carbocycles. The SMILES string of the molecule is NC1CCCC1Nc1ccc2c(c1)CN(C1CCC(=O)NC1=O)C2=O. The maximum Gasteiger partial charge on any atom is 0.255 e. The predicted molar refractivity (Wildman–Crippen MR) is 91.7 cm³/mol. The van der Waals surface area contributed by atoms with Gasteiger partial charge in [0.2, 0.25) is 11.8 Å². The fourth-order valence-corrected chi connectivity index (χ4v) is 4.05. The van der Waals surface area contributed by atoms with E-state index in [1.54, 1.807) is 4.90 Å². The van der Waals surface area contributed by atoms with Gasteiger partial charge in [0, 0.05) is 36.3 Å². The summed E-state index contributed by atoms with van der Waals surface area (Å²) in [7, 11) is 0. The molecule has 0 spiro atoms. The average molecular weight is 342 g/mol. The van der Waals surface area contributed by atoms with E-state index in [9.17, 15) is 14.4 Å². The van der Waals surface area contributed by atoms with Gasteiger partial charge in [-0.15, -0.1) is 0 Å². The minimum atomic E-state index is -0.572. The molecule has 1 aromatic rings. The highest BCUT2D eigenvalue weighted by Gasteiger charge is 2.39. The lowest BCUT2D eigenvalue weighted by Crippen LogP contribution is -2.52. The molecule has 2 fully saturated rings. The van der Waals surface area contributed by atoms with Crippen LogP contribution in [0.4, 0.5) is 5.69 Å². The number of fused-ring (bicyclic) bond motifs is 1. The van der Waals surface area contributed by atoms with Crippen LogP contribution < -0.4 is 16.4 Å². The number of nitrogens with two attached hydrogens (primary N) is 1. The van der Waals surface area contributed by atoms with Crippen LogP contribution in [0.1, 0.15) is 48.0 Å². The molecule has 3 atom stereocenters. The van der Waals surface area contributed by atoms with Gasteiger partial charge in [-0.3, -0.25) is 19.7 Å². The lowest BCUT2D eigenvalue weighted by molar-refractivity contribution is -0.136. The van der Waals surface area contributed by atoms with E-state index in [1.807, 2.05) is 18.2 Å². The first kappa shape index (κ1) is 16.1. The standard InChI is InChI=1S/C18H22N4O3/c19-13-2-1-3-14(13)20-11-4-5-12-10(8-11)9-22(18(12)25)15-6-7-16(23)21-17(15)24/h4-5,8,13-15,20H,1-3,6-7,9,19H2,(H,21,23,24). The van der Waals surface area contributed by atoms with Crippen molar-refractivity contribution in [1.29, 1.82) is 0 Å². The van der Waals surface area contributed by atoms with Crippen molar-refractivity contribution in [2.24, 2.45) is 5.73 Å². The van der Waals surface area contributed by atoms with Crippen molar-refractivity contribution in [3.8, 4) is 0 Å². The third-order valence-electron chi connectivity index (χ3n) is 5.45. The highest BCUT2D eigenvalue weighted by Crippen LogP contribution is 2.30.